The third-order valence-electron chi connectivity index (χ3n) is 6.35. The van der Waals surface area contributed by atoms with E-state index in [9.17, 15) is 13.2 Å². The van der Waals surface area contributed by atoms with Crippen molar-refractivity contribution >= 4 is 27.5 Å². The number of benzene rings is 1. The van der Waals surface area contributed by atoms with E-state index in [-0.39, 0.29) is 27.6 Å². The second-order valence-electron chi connectivity index (χ2n) is 9.38. The third-order valence-corrected chi connectivity index (χ3v) is 8.22. The standard InChI is InChI=1S/C26H32N6O3S/c1-17-8-5-6-10-22(17)36(34,35)25-21(9-7-15-27-25)24(33)29-19-11-13-20(14-12-19)30-26-28-18(2)16-23(31-26)32(3)4/h5-10,15-16,19-20H,11-14H2,1-4H3,(H,29,33)(H,28,30,31). The van der Waals surface area contributed by atoms with Crippen LogP contribution in [0.25, 0.3) is 0 Å². The molecule has 0 bridgehead atoms. The lowest BCUT2D eigenvalue weighted by Gasteiger charge is -2.30. The SMILES string of the molecule is Cc1cc(N(C)C)nc(NC2CCC(NC(=O)c3cccnc3S(=O)(=O)c3ccccc3C)CC2)n1. The highest BCUT2D eigenvalue weighted by atomic mass is 32.2. The zero-order valence-electron chi connectivity index (χ0n) is 21.0. The van der Waals surface area contributed by atoms with Gasteiger partial charge < -0.3 is 15.5 Å². The summed E-state index contributed by atoms with van der Waals surface area (Å²) >= 11 is 0. The Morgan fingerprint density at radius 3 is 2.36 bits per heavy atom. The maximum Gasteiger partial charge on any atom is 0.254 e. The maximum absolute atomic E-state index is 13.3. The van der Waals surface area contributed by atoms with Crippen molar-refractivity contribution in [1.82, 2.24) is 20.3 Å². The Labute approximate surface area is 212 Å². The fraction of sp³-hybridized carbons (Fsp3) is 0.385. The minimum absolute atomic E-state index is 0.0551. The van der Waals surface area contributed by atoms with Crippen LogP contribution in [-0.2, 0) is 9.84 Å². The number of nitrogens with one attached hydrogen (secondary N) is 2. The molecule has 1 fully saturated rings. The minimum atomic E-state index is -3.94. The van der Waals surface area contributed by atoms with E-state index in [1.807, 2.05) is 32.0 Å². The summed E-state index contributed by atoms with van der Waals surface area (Å²) in [5, 5.41) is 6.22. The first-order valence-corrected chi connectivity index (χ1v) is 13.5. The third kappa shape index (κ3) is 5.64. The van der Waals surface area contributed by atoms with Crippen molar-refractivity contribution in [2.24, 2.45) is 0 Å². The van der Waals surface area contributed by atoms with E-state index in [0.29, 0.717) is 11.5 Å². The Morgan fingerprint density at radius 1 is 0.972 bits per heavy atom. The molecule has 2 heterocycles. The van der Waals surface area contributed by atoms with Crippen LogP contribution in [0.1, 0.15) is 47.3 Å². The van der Waals surface area contributed by atoms with E-state index >= 15 is 0 Å². The molecular weight excluding hydrogens is 476 g/mol. The summed E-state index contributed by atoms with van der Waals surface area (Å²) in [7, 11) is -0.0545. The Hall–Kier alpha value is -3.53. The Morgan fingerprint density at radius 2 is 1.67 bits per heavy atom. The first-order chi connectivity index (χ1) is 17.1. The Balaban J connectivity index is 1.42. The van der Waals surface area contributed by atoms with Crippen molar-refractivity contribution in [2.45, 2.75) is 61.5 Å². The average molecular weight is 509 g/mol. The monoisotopic (exact) mass is 508 g/mol. The first kappa shape index (κ1) is 25.6. The second kappa shape index (κ2) is 10.6. The van der Waals surface area contributed by atoms with Gasteiger partial charge in [-0.3, -0.25) is 4.79 Å². The Bertz CT molecular complexity index is 1350. The second-order valence-corrected chi connectivity index (χ2v) is 11.2. The molecular formula is C26H32N6O3S. The van der Waals surface area contributed by atoms with Gasteiger partial charge in [0.1, 0.15) is 5.82 Å². The van der Waals surface area contributed by atoms with Crippen molar-refractivity contribution in [2.75, 3.05) is 24.3 Å². The van der Waals surface area contributed by atoms with E-state index in [1.54, 1.807) is 31.2 Å². The highest BCUT2D eigenvalue weighted by molar-refractivity contribution is 7.91. The smallest absolute Gasteiger partial charge is 0.254 e. The number of anilines is 2. The summed E-state index contributed by atoms with van der Waals surface area (Å²) in [6.07, 6.45) is 4.58. The van der Waals surface area contributed by atoms with E-state index in [1.165, 1.54) is 18.3 Å². The topological polar surface area (TPSA) is 117 Å². The molecule has 0 saturated heterocycles. The fourth-order valence-corrected chi connectivity index (χ4v) is 6.02. The lowest BCUT2D eigenvalue weighted by molar-refractivity contribution is 0.0922. The van der Waals surface area contributed by atoms with Crippen LogP contribution in [0.15, 0.2) is 58.6 Å². The van der Waals surface area contributed by atoms with Crippen molar-refractivity contribution in [3.8, 4) is 0 Å². The summed E-state index contributed by atoms with van der Waals surface area (Å²) < 4.78 is 26.6. The van der Waals surface area contributed by atoms with Crippen LogP contribution < -0.4 is 15.5 Å². The van der Waals surface area contributed by atoms with Crippen LogP contribution in [0.3, 0.4) is 0 Å². The van der Waals surface area contributed by atoms with Crippen LogP contribution in [0, 0.1) is 13.8 Å². The molecule has 0 spiro atoms. The van der Waals surface area contributed by atoms with Crippen LogP contribution in [0.2, 0.25) is 0 Å². The van der Waals surface area contributed by atoms with Crippen molar-refractivity contribution < 1.29 is 13.2 Å². The van der Waals surface area contributed by atoms with Gasteiger partial charge in [-0.25, -0.2) is 18.4 Å². The van der Waals surface area contributed by atoms with Crippen LogP contribution in [0.5, 0.6) is 0 Å². The molecule has 10 heteroatoms. The number of aryl methyl sites for hydroxylation is 2. The molecule has 2 N–H and O–H groups in total. The fourth-order valence-electron chi connectivity index (χ4n) is 4.41. The molecule has 36 heavy (non-hydrogen) atoms. The van der Waals surface area contributed by atoms with Crippen LogP contribution in [0.4, 0.5) is 11.8 Å². The summed E-state index contributed by atoms with van der Waals surface area (Å²) in [5.41, 5.74) is 1.56. The lowest BCUT2D eigenvalue weighted by atomic mass is 9.91. The average Bonchev–Trinajstić information content (AvgIpc) is 2.85. The minimum Gasteiger partial charge on any atom is -0.363 e. The highest BCUT2D eigenvalue weighted by Gasteiger charge is 2.29. The number of carbonyl (C=O) groups excluding carboxylic acids is 1. The van der Waals surface area contributed by atoms with Gasteiger partial charge in [-0.1, -0.05) is 18.2 Å². The van der Waals surface area contributed by atoms with E-state index in [4.69, 9.17) is 0 Å². The molecule has 1 saturated carbocycles. The molecule has 1 aliphatic carbocycles. The number of aromatic nitrogens is 3. The number of hydrogen-bond donors (Lipinski definition) is 2. The number of sulfone groups is 1. The molecule has 4 rings (SSSR count). The molecule has 0 atom stereocenters. The maximum atomic E-state index is 13.3. The van der Waals surface area contributed by atoms with Crippen molar-refractivity contribution in [3.63, 3.8) is 0 Å². The molecule has 0 aliphatic heterocycles. The molecule has 2 aromatic heterocycles. The van der Waals surface area contributed by atoms with Gasteiger partial charge in [-0.15, -0.1) is 0 Å². The number of hydrogen-bond acceptors (Lipinski definition) is 8. The van der Waals surface area contributed by atoms with Crippen molar-refractivity contribution in [1.29, 1.82) is 0 Å². The zero-order chi connectivity index (χ0) is 25.9. The quantitative estimate of drug-likeness (QED) is 0.498. The molecule has 0 unspecified atom stereocenters. The number of nitrogens with zero attached hydrogens (tertiary/aromatic N) is 4. The van der Waals surface area contributed by atoms with E-state index in [0.717, 1.165) is 37.2 Å². The molecule has 1 amide bonds. The van der Waals surface area contributed by atoms with Crippen molar-refractivity contribution in [3.05, 3.63) is 65.5 Å². The summed E-state index contributed by atoms with van der Waals surface area (Å²) in [5.74, 6) is 1.02. The predicted octanol–water partition coefficient (Wildman–Crippen LogP) is 3.54. The first-order valence-electron chi connectivity index (χ1n) is 12.0. The normalized spacial score (nSPS) is 17.9. The van der Waals surface area contributed by atoms with Gasteiger partial charge in [0, 0.05) is 44.1 Å². The predicted molar refractivity (Wildman–Crippen MR) is 139 cm³/mol. The molecule has 9 nitrogen and oxygen atoms in total. The van der Waals surface area contributed by atoms with Gasteiger partial charge >= 0.3 is 0 Å². The number of rotatable bonds is 7. The van der Waals surface area contributed by atoms with E-state index in [2.05, 4.69) is 25.6 Å². The molecule has 1 aromatic carbocycles. The molecule has 190 valence electrons. The molecule has 1 aliphatic rings. The van der Waals surface area contributed by atoms with Gasteiger partial charge in [-0.2, -0.15) is 4.98 Å². The summed E-state index contributed by atoms with van der Waals surface area (Å²) in [6, 6.07) is 11.9. The largest absolute Gasteiger partial charge is 0.363 e. The lowest BCUT2D eigenvalue weighted by Crippen LogP contribution is -2.40. The Kier molecular flexibility index (Phi) is 7.53. The zero-order valence-corrected chi connectivity index (χ0v) is 21.8. The van der Waals surface area contributed by atoms with Gasteiger partial charge in [0.25, 0.3) is 5.91 Å². The van der Waals surface area contributed by atoms with Gasteiger partial charge in [0.2, 0.25) is 15.8 Å². The summed E-state index contributed by atoms with van der Waals surface area (Å²) in [6.45, 7) is 3.67. The highest BCUT2D eigenvalue weighted by Crippen LogP contribution is 2.26. The van der Waals surface area contributed by atoms with E-state index < -0.39 is 15.7 Å². The number of pyridine rings is 1. The van der Waals surface area contributed by atoms with Gasteiger partial charge in [-0.05, 0) is 63.3 Å². The molecule has 0 radical (unpaired) electrons. The van der Waals surface area contributed by atoms with Gasteiger partial charge in [0.05, 0.1) is 10.5 Å². The molecule has 3 aromatic rings. The number of carbonyl (C=O) groups is 1. The van der Waals surface area contributed by atoms with Crippen LogP contribution >= 0.6 is 0 Å². The van der Waals surface area contributed by atoms with Gasteiger partial charge in [0.15, 0.2) is 5.03 Å². The number of amides is 1. The van der Waals surface area contributed by atoms with Crippen LogP contribution in [-0.4, -0.2) is 55.5 Å². The summed E-state index contributed by atoms with van der Waals surface area (Å²) in [4.78, 5) is 28.4.